The van der Waals surface area contributed by atoms with E-state index in [1.807, 2.05) is 0 Å². The minimum Gasteiger partial charge on any atom is -0.462 e. The van der Waals surface area contributed by atoms with Crippen LogP contribution in [-0.2, 0) is 15.7 Å². The van der Waals surface area contributed by atoms with Crippen LogP contribution in [0.2, 0.25) is 0 Å². The maximum atomic E-state index is 13.1. The first-order valence-electron chi connectivity index (χ1n) is 9.73. The fourth-order valence-corrected chi connectivity index (χ4v) is 4.29. The number of nitrogens with one attached hydrogen (secondary N) is 1. The zero-order valence-electron chi connectivity index (χ0n) is 17.4. The summed E-state index contributed by atoms with van der Waals surface area (Å²) in [7, 11) is 0. The number of fused-ring (bicyclic) bond motifs is 1. The van der Waals surface area contributed by atoms with Crippen LogP contribution in [0.3, 0.4) is 0 Å². The lowest BCUT2D eigenvalue weighted by atomic mass is 10.1. The number of hydrogen-bond donors (Lipinski definition) is 1. The van der Waals surface area contributed by atoms with Gasteiger partial charge in [0.2, 0.25) is 5.91 Å². The molecular formula is C21H20F3N3O4S. The molecule has 0 aliphatic rings. The molecule has 32 heavy (non-hydrogen) atoms. The van der Waals surface area contributed by atoms with Gasteiger partial charge in [0.1, 0.15) is 15.7 Å². The van der Waals surface area contributed by atoms with E-state index < -0.39 is 35.2 Å². The molecule has 0 spiro atoms. The average Bonchev–Trinajstić information content (AvgIpc) is 3.07. The van der Waals surface area contributed by atoms with Crippen LogP contribution in [0.5, 0.6) is 0 Å². The molecule has 7 nitrogen and oxygen atoms in total. The Morgan fingerprint density at radius 1 is 1.28 bits per heavy atom. The van der Waals surface area contributed by atoms with E-state index in [2.05, 4.69) is 10.3 Å². The number of carbonyl (C=O) groups excluding carboxylic acids is 2. The van der Waals surface area contributed by atoms with Gasteiger partial charge in [0.15, 0.2) is 0 Å². The summed E-state index contributed by atoms with van der Waals surface area (Å²) in [5, 5.41) is 2.64. The minimum atomic E-state index is -4.55. The number of thiophene rings is 1. The van der Waals surface area contributed by atoms with Gasteiger partial charge in [0.25, 0.3) is 5.56 Å². The predicted molar refractivity (Wildman–Crippen MR) is 114 cm³/mol. The molecule has 11 heteroatoms. The standard InChI is InChI=1S/C21H20F3N3O4S/c1-4-14(17(28)26-13-8-6-7-12(9-13)21(22,23)24)27-10-25-18-15(19(27)29)11(3)16(32-18)20(30)31-5-2/h6-10,14H,4-5H2,1-3H3,(H,26,28). The van der Waals surface area contributed by atoms with Crippen LogP contribution in [0.4, 0.5) is 18.9 Å². The number of hydrogen-bond acceptors (Lipinski definition) is 6. The van der Waals surface area contributed by atoms with Crippen molar-refractivity contribution in [1.82, 2.24) is 9.55 Å². The summed E-state index contributed by atoms with van der Waals surface area (Å²) in [5.74, 6) is -1.22. The van der Waals surface area contributed by atoms with E-state index in [1.165, 1.54) is 18.5 Å². The maximum absolute atomic E-state index is 13.1. The topological polar surface area (TPSA) is 90.3 Å². The lowest BCUT2D eigenvalue weighted by Gasteiger charge is -2.18. The van der Waals surface area contributed by atoms with Crippen molar-refractivity contribution in [2.24, 2.45) is 0 Å². The van der Waals surface area contributed by atoms with Gasteiger partial charge < -0.3 is 10.1 Å². The summed E-state index contributed by atoms with van der Waals surface area (Å²) >= 11 is 1.02. The molecule has 170 valence electrons. The van der Waals surface area contributed by atoms with Crippen LogP contribution in [-0.4, -0.2) is 28.0 Å². The van der Waals surface area contributed by atoms with Gasteiger partial charge in [-0.15, -0.1) is 11.3 Å². The summed E-state index contributed by atoms with van der Waals surface area (Å²) in [5.41, 5.74) is -1.06. The molecule has 3 rings (SSSR count). The number of nitrogens with zero attached hydrogens (tertiary/aromatic N) is 2. The largest absolute Gasteiger partial charge is 0.462 e. The number of ether oxygens (including phenoxy) is 1. The number of amides is 1. The van der Waals surface area contributed by atoms with E-state index in [0.717, 1.165) is 28.0 Å². The lowest BCUT2D eigenvalue weighted by molar-refractivity contribution is -0.137. The van der Waals surface area contributed by atoms with Gasteiger partial charge in [-0.25, -0.2) is 9.78 Å². The molecule has 1 amide bonds. The number of rotatable bonds is 6. The van der Waals surface area contributed by atoms with E-state index in [-0.39, 0.29) is 29.0 Å². The number of halogens is 3. The van der Waals surface area contributed by atoms with Gasteiger partial charge in [-0.3, -0.25) is 14.2 Å². The Bertz CT molecular complexity index is 1230. The smallest absolute Gasteiger partial charge is 0.416 e. The molecule has 1 atom stereocenters. The average molecular weight is 467 g/mol. The Morgan fingerprint density at radius 3 is 2.62 bits per heavy atom. The summed E-state index contributed by atoms with van der Waals surface area (Å²) in [6.45, 7) is 5.11. The van der Waals surface area contributed by atoms with E-state index in [1.54, 1.807) is 20.8 Å². The fraction of sp³-hybridized carbons (Fsp3) is 0.333. The second-order valence-corrected chi connectivity index (χ2v) is 7.90. The second-order valence-electron chi connectivity index (χ2n) is 6.91. The Labute approximate surface area is 184 Å². The number of anilines is 1. The first kappa shape index (κ1) is 23.5. The Hall–Kier alpha value is -3.21. The number of esters is 1. The Kier molecular flexibility index (Phi) is 6.68. The van der Waals surface area contributed by atoms with Gasteiger partial charge in [-0.2, -0.15) is 13.2 Å². The van der Waals surface area contributed by atoms with Crippen molar-refractivity contribution < 1.29 is 27.5 Å². The SMILES string of the molecule is CCOC(=O)c1sc2ncn(C(CC)C(=O)Nc3cccc(C(F)(F)F)c3)c(=O)c2c1C. The zero-order valence-corrected chi connectivity index (χ0v) is 18.3. The van der Waals surface area contributed by atoms with Crippen LogP contribution in [0, 0.1) is 6.92 Å². The summed E-state index contributed by atoms with van der Waals surface area (Å²) in [4.78, 5) is 42.9. The molecule has 0 radical (unpaired) electrons. The third kappa shape index (κ3) is 4.52. The molecule has 3 aromatic rings. The zero-order chi connectivity index (χ0) is 23.6. The Balaban J connectivity index is 1.96. The molecule has 0 fully saturated rings. The van der Waals surface area contributed by atoms with Gasteiger partial charge in [0, 0.05) is 5.69 Å². The van der Waals surface area contributed by atoms with Gasteiger partial charge in [0.05, 0.1) is 23.9 Å². The van der Waals surface area contributed by atoms with E-state index in [9.17, 15) is 27.6 Å². The van der Waals surface area contributed by atoms with Crippen molar-refractivity contribution in [2.45, 2.75) is 39.4 Å². The van der Waals surface area contributed by atoms with Crippen LogP contribution in [0.25, 0.3) is 10.2 Å². The highest BCUT2D eigenvalue weighted by Gasteiger charge is 2.31. The van der Waals surface area contributed by atoms with E-state index in [0.29, 0.717) is 10.4 Å². The van der Waals surface area contributed by atoms with Gasteiger partial charge in [-0.1, -0.05) is 13.0 Å². The number of benzene rings is 1. The first-order valence-corrected chi connectivity index (χ1v) is 10.6. The monoisotopic (exact) mass is 467 g/mol. The van der Waals surface area contributed by atoms with Crippen LogP contribution < -0.4 is 10.9 Å². The van der Waals surface area contributed by atoms with Crippen LogP contribution >= 0.6 is 11.3 Å². The van der Waals surface area contributed by atoms with Crippen molar-refractivity contribution in [1.29, 1.82) is 0 Å². The number of carbonyl (C=O) groups is 2. The van der Waals surface area contributed by atoms with Crippen molar-refractivity contribution >= 4 is 39.1 Å². The van der Waals surface area contributed by atoms with Crippen molar-refractivity contribution in [3.05, 3.63) is 57.0 Å². The van der Waals surface area contributed by atoms with E-state index >= 15 is 0 Å². The minimum absolute atomic E-state index is 0.0401. The molecule has 0 aliphatic carbocycles. The lowest BCUT2D eigenvalue weighted by Crippen LogP contribution is -2.33. The highest BCUT2D eigenvalue weighted by atomic mass is 32.1. The fourth-order valence-electron chi connectivity index (χ4n) is 3.26. The van der Waals surface area contributed by atoms with Gasteiger partial charge >= 0.3 is 12.1 Å². The highest BCUT2D eigenvalue weighted by molar-refractivity contribution is 7.20. The molecule has 2 aromatic heterocycles. The summed E-state index contributed by atoms with van der Waals surface area (Å²) < 4.78 is 45.0. The van der Waals surface area contributed by atoms with Crippen molar-refractivity contribution in [3.63, 3.8) is 0 Å². The van der Waals surface area contributed by atoms with Crippen LogP contribution in [0.1, 0.15) is 47.1 Å². The molecule has 0 saturated carbocycles. The molecule has 1 unspecified atom stereocenters. The van der Waals surface area contributed by atoms with Crippen molar-refractivity contribution in [3.8, 4) is 0 Å². The molecule has 0 bridgehead atoms. The third-order valence-corrected chi connectivity index (χ3v) is 6.00. The number of aryl methyl sites for hydroxylation is 1. The molecule has 1 aromatic carbocycles. The maximum Gasteiger partial charge on any atom is 0.416 e. The molecule has 1 N–H and O–H groups in total. The molecular weight excluding hydrogens is 447 g/mol. The first-order chi connectivity index (χ1) is 15.1. The number of aromatic nitrogens is 2. The predicted octanol–water partition coefficient (Wildman–Crippen LogP) is 4.55. The van der Waals surface area contributed by atoms with E-state index in [4.69, 9.17) is 4.74 Å². The summed E-state index contributed by atoms with van der Waals surface area (Å²) in [6, 6.07) is 3.22. The van der Waals surface area contributed by atoms with Crippen LogP contribution in [0.15, 0.2) is 35.4 Å². The third-order valence-electron chi connectivity index (χ3n) is 4.82. The Morgan fingerprint density at radius 2 is 2.00 bits per heavy atom. The normalized spacial score (nSPS) is 12.6. The number of alkyl halides is 3. The second kappa shape index (κ2) is 9.11. The highest BCUT2D eigenvalue weighted by Crippen LogP contribution is 2.31. The van der Waals surface area contributed by atoms with Gasteiger partial charge in [-0.05, 0) is 44.0 Å². The molecule has 0 saturated heterocycles. The molecule has 0 aliphatic heterocycles. The molecule has 2 heterocycles. The van der Waals surface area contributed by atoms with Crippen molar-refractivity contribution in [2.75, 3.05) is 11.9 Å². The quantitative estimate of drug-likeness (QED) is 0.537. The summed E-state index contributed by atoms with van der Waals surface area (Å²) in [6.07, 6.45) is -3.16.